The topological polar surface area (TPSA) is 156 Å². The van der Waals surface area contributed by atoms with Crippen LogP contribution in [0.25, 0.3) is 11.1 Å². The van der Waals surface area contributed by atoms with Crippen LogP contribution in [0.1, 0.15) is 98.4 Å². The summed E-state index contributed by atoms with van der Waals surface area (Å²) in [5.74, 6) is 1.57. The zero-order valence-corrected chi connectivity index (χ0v) is 36.2. The van der Waals surface area contributed by atoms with Crippen LogP contribution < -0.4 is 20.7 Å². The van der Waals surface area contributed by atoms with Crippen molar-refractivity contribution < 1.29 is 34.5 Å². The van der Waals surface area contributed by atoms with Crippen LogP contribution in [-0.2, 0) is 21.0 Å². The van der Waals surface area contributed by atoms with E-state index in [1.165, 1.54) is 6.42 Å². The normalized spacial score (nSPS) is 27.3. The lowest BCUT2D eigenvalue weighted by molar-refractivity contribution is -0.180. The minimum Gasteiger partial charge on any atom is -0.496 e. The van der Waals surface area contributed by atoms with Crippen molar-refractivity contribution in [1.82, 2.24) is 20.6 Å². The van der Waals surface area contributed by atoms with E-state index in [4.69, 9.17) is 9.57 Å². The average Bonchev–Trinajstić information content (AvgIpc) is 3.47. The van der Waals surface area contributed by atoms with Gasteiger partial charge < -0.3 is 35.6 Å². The molecule has 2 bridgehead atoms. The van der Waals surface area contributed by atoms with Gasteiger partial charge in [-0.05, 0) is 98.7 Å². The third-order valence-electron chi connectivity index (χ3n) is 13.1. The van der Waals surface area contributed by atoms with Gasteiger partial charge in [0.15, 0.2) is 0 Å². The maximum atomic E-state index is 13.8. The molecule has 4 fully saturated rings. The van der Waals surface area contributed by atoms with Crippen molar-refractivity contribution >= 4 is 17.5 Å². The van der Waals surface area contributed by atoms with Crippen LogP contribution in [0, 0.1) is 40.9 Å². The minimum atomic E-state index is -1.01. The van der Waals surface area contributed by atoms with Crippen LogP contribution in [0.5, 0.6) is 5.75 Å². The van der Waals surface area contributed by atoms with Crippen molar-refractivity contribution in [2.45, 2.75) is 124 Å². The van der Waals surface area contributed by atoms with Crippen LogP contribution in [0.2, 0.25) is 0 Å². The van der Waals surface area contributed by atoms with E-state index in [0.29, 0.717) is 46.1 Å². The molecule has 3 aliphatic carbocycles. The Hall–Kier alpha value is -3.10. The van der Waals surface area contributed by atoms with Gasteiger partial charge in [0.2, 0.25) is 11.8 Å². The molecule has 1 saturated heterocycles. The number of ether oxygens (including phenoxy) is 1. The molecule has 4 aliphatic rings. The number of para-hydroxylation sites is 1. The SMILES string of the molecule is COc1c(CN2O[C@@H](CO)[C@@H]([C@H](C)O)[C@H]2CC(=O)N[C@H]2C[C@H]3C[C@@H]([C@@H]2C)C3(C)C)cccc1-c1cc(NC(=O)C(C)C)cc(C(O)N[C@@H](CC(C)C)CN(C)C)c1. The molecule has 12 nitrogen and oxygen atoms in total. The molecular formula is C45H71N5O7. The molecule has 0 aromatic heterocycles. The number of hydrogen-bond donors (Lipinski definition) is 6. The maximum absolute atomic E-state index is 13.8. The van der Waals surface area contributed by atoms with E-state index in [2.05, 4.69) is 55.5 Å². The Morgan fingerprint density at radius 3 is 2.37 bits per heavy atom. The first-order chi connectivity index (χ1) is 26.8. The summed E-state index contributed by atoms with van der Waals surface area (Å²) < 4.78 is 6.11. The lowest BCUT2D eigenvalue weighted by Crippen LogP contribution is -2.61. The summed E-state index contributed by atoms with van der Waals surface area (Å²) in [6.45, 7) is 17.3. The lowest BCUT2D eigenvalue weighted by Gasteiger charge is -2.62. The Balaban J connectivity index is 1.44. The van der Waals surface area contributed by atoms with Crippen LogP contribution in [0.15, 0.2) is 36.4 Å². The monoisotopic (exact) mass is 794 g/mol. The Bertz CT molecular complexity index is 1670. The zero-order chi connectivity index (χ0) is 41.9. The fourth-order valence-corrected chi connectivity index (χ4v) is 9.93. The zero-order valence-electron chi connectivity index (χ0n) is 36.2. The Morgan fingerprint density at radius 2 is 1.79 bits per heavy atom. The number of aliphatic hydroxyl groups excluding tert-OH is 3. The molecule has 1 aliphatic heterocycles. The number of methoxy groups -OCH3 is 1. The minimum absolute atomic E-state index is 0.0257. The number of carbonyl (C=O) groups excluding carboxylic acids is 2. The van der Waals surface area contributed by atoms with Gasteiger partial charge >= 0.3 is 0 Å². The van der Waals surface area contributed by atoms with Gasteiger partial charge in [-0.1, -0.05) is 66.7 Å². The number of fused-ring (bicyclic) bond motifs is 2. The molecule has 2 amide bonds. The predicted octanol–water partition coefficient (Wildman–Crippen LogP) is 5.56. The number of hydroxylamine groups is 2. The number of anilines is 1. The Morgan fingerprint density at radius 1 is 1.07 bits per heavy atom. The summed E-state index contributed by atoms with van der Waals surface area (Å²) >= 11 is 0. The van der Waals surface area contributed by atoms with Gasteiger partial charge in [-0.25, -0.2) is 0 Å². The number of nitrogens with zero attached hydrogens (tertiary/aromatic N) is 2. The Kier molecular flexibility index (Phi) is 14.9. The summed E-state index contributed by atoms with van der Waals surface area (Å²) in [7, 11) is 5.63. The van der Waals surface area contributed by atoms with Gasteiger partial charge in [-0.15, -0.1) is 0 Å². The molecule has 6 rings (SSSR count). The van der Waals surface area contributed by atoms with E-state index in [-0.39, 0.29) is 49.4 Å². The molecule has 6 N–H and O–H groups in total. The summed E-state index contributed by atoms with van der Waals surface area (Å²) in [5, 5.41) is 44.5. The number of aliphatic hydroxyl groups is 3. The van der Waals surface area contributed by atoms with Crippen LogP contribution in [0.3, 0.4) is 0 Å². The summed E-state index contributed by atoms with van der Waals surface area (Å²) in [6.07, 6.45) is 0.630. The van der Waals surface area contributed by atoms with Crippen molar-refractivity contribution in [2.24, 2.45) is 40.9 Å². The van der Waals surface area contributed by atoms with Gasteiger partial charge in [0.25, 0.3) is 0 Å². The molecule has 1 heterocycles. The maximum Gasteiger partial charge on any atom is 0.226 e. The van der Waals surface area contributed by atoms with Crippen molar-refractivity contribution in [3.8, 4) is 16.9 Å². The highest BCUT2D eigenvalue weighted by Crippen LogP contribution is 2.61. The number of nitrogens with one attached hydrogen (secondary N) is 3. The second-order valence-electron chi connectivity index (χ2n) is 18.8. The van der Waals surface area contributed by atoms with Crippen molar-refractivity contribution in [2.75, 3.05) is 39.7 Å². The van der Waals surface area contributed by atoms with E-state index in [1.54, 1.807) is 25.2 Å². The second kappa shape index (κ2) is 18.9. The van der Waals surface area contributed by atoms with E-state index in [0.717, 1.165) is 36.1 Å². The van der Waals surface area contributed by atoms with E-state index < -0.39 is 30.4 Å². The largest absolute Gasteiger partial charge is 0.496 e. The number of rotatable bonds is 18. The molecule has 2 aromatic carbocycles. The molecule has 0 spiro atoms. The molecule has 1 unspecified atom stereocenters. The summed E-state index contributed by atoms with van der Waals surface area (Å²) in [4.78, 5) is 35.2. The standard InChI is InChI=1S/C45H71N5O7/c1-25(2)15-34(23-49(9)10)47-44(55)31-16-30(17-33(18-31)46-43(54)26(3)4)35-14-12-13-29(42(35)56-11)22-50-38(41(28(6)52)39(24-51)57-50)21-40(53)48-37-20-32-19-36(27(37)5)45(32,7)8/h12-14,16-18,25-28,32,34,36-39,41,44,47,51-52,55H,15,19-24H2,1-11H3,(H,46,54)(H,48,53)/t27-,28-,32+,34-,36-,37-,38+,39-,41-,44?/m0/s1. The second-order valence-corrected chi connectivity index (χ2v) is 18.8. The average molecular weight is 794 g/mol. The van der Waals surface area contributed by atoms with Gasteiger partial charge in [-0.2, -0.15) is 5.06 Å². The highest BCUT2D eigenvalue weighted by Gasteiger charge is 2.56. The first kappa shape index (κ1) is 45.0. The van der Waals surface area contributed by atoms with E-state index in [9.17, 15) is 24.9 Å². The van der Waals surface area contributed by atoms with Crippen LogP contribution in [0.4, 0.5) is 5.69 Å². The van der Waals surface area contributed by atoms with E-state index in [1.807, 2.05) is 58.3 Å². The molecule has 2 aromatic rings. The fraction of sp³-hybridized carbons (Fsp3) is 0.689. The van der Waals surface area contributed by atoms with Crippen LogP contribution >= 0.6 is 0 Å². The number of hydrogen-bond acceptors (Lipinski definition) is 10. The number of carbonyl (C=O) groups is 2. The number of likely N-dealkylation sites (N-methyl/N-ethyl adjacent to an activating group) is 1. The van der Waals surface area contributed by atoms with Gasteiger partial charge in [0, 0.05) is 53.7 Å². The molecule has 0 radical (unpaired) electrons. The third-order valence-corrected chi connectivity index (χ3v) is 13.1. The highest BCUT2D eigenvalue weighted by atomic mass is 16.7. The highest BCUT2D eigenvalue weighted by molar-refractivity contribution is 5.93. The van der Waals surface area contributed by atoms with Gasteiger partial charge in [0.1, 0.15) is 18.1 Å². The lowest BCUT2D eigenvalue weighted by atomic mass is 9.45. The summed E-state index contributed by atoms with van der Waals surface area (Å²) in [5.41, 5.74) is 3.69. The molecule has 3 saturated carbocycles. The van der Waals surface area contributed by atoms with E-state index >= 15 is 0 Å². The van der Waals surface area contributed by atoms with Crippen LogP contribution in [-0.4, -0.2) is 102 Å². The molecule has 10 atom stereocenters. The molecule has 12 heteroatoms. The first-order valence-corrected chi connectivity index (χ1v) is 21.1. The van der Waals surface area contributed by atoms with Gasteiger partial charge in [-0.3, -0.25) is 19.7 Å². The van der Waals surface area contributed by atoms with Crippen molar-refractivity contribution in [3.63, 3.8) is 0 Å². The fourth-order valence-electron chi connectivity index (χ4n) is 9.93. The quantitative estimate of drug-likeness (QED) is 0.106. The first-order valence-electron chi connectivity index (χ1n) is 21.1. The van der Waals surface area contributed by atoms with Crippen molar-refractivity contribution in [3.05, 3.63) is 47.5 Å². The Labute approximate surface area is 341 Å². The smallest absolute Gasteiger partial charge is 0.226 e. The number of amides is 2. The number of benzene rings is 2. The van der Waals surface area contributed by atoms with Crippen molar-refractivity contribution in [1.29, 1.82) is 0 Å². The summed E-state index contributed by atoms with van der Waals surface area (Å²) in [6, 6.07) is 11.0. The molecule has 318 valence electrons. The molecular weight excluding hydrogens is 723 g/mol. The van der Waals surface area contributed by atoms with Gasteiger partial charge in [0.05, 0.1) is 32.4 Å². The molecule has 57 heavy (non-hydrogen) atoms. The predicted molar refractivity (Wildman–Crippen MR) is 224 cm³/mol. The third kappa shape index (κ3) is 10.4.